The number of methoxy groups -OCH3 is 1. The Labute approximate surface area is 112 Å². The summed E-state index contributed by atoms with van der Waals surface area (Å²) in [6.45, 7) is 1.98. The summed E-state index contributed by atoms with van der Waals surface area (Å²) in [5.41, 5.74) is 2.68. The topological polar surface area (TPSA) is 29.5 Å². The van der Waals surface area contributed by atoms with E-state index in [4.69, 9.17) is 4.74 Å². The Morgan fingerprint density at radius 3 is 2.63 bits per heavy atom. The molecule has 1 atom stereocenters. The molecule has 0 spiro atoms. The number of aryl methyl sites for hydroxylation is 1. The smallest absolute Gasteiger partial charge is 0.165 e. The van der Waals surface area contributed by atoms with Crippen LogP contribution in [0.3, 0.4) is 0 Å². The number of ether oxygens (including phenoxy) is 1. The fourth-order valence-corrected chi connectivity index (χ4v) is 2.06. The molecule has 2 aromatic carbocycles. The molecule has 0 radical (unpaired) electrons. The zero-order chi connectivity index (χ0) is 13.8. The number of benzene rings is 2. The molecule has 19 heavy (non-hydrogen) atoms. The van der Waals surface area contributed by atoms with Crippen LogP contribution in [0.1, 0.15) is 22.8 Å². The summed E-state index contributed by atoms with van der Waals surface area (Å²) < 4.78 is 18.4. The molecule has 3 heteroatoms. The number of aliphatic hydroxyl groups excluding tert-OH is 1. The van der Waals surface area contributed by atoms with Crippen LogP contribution >= 0.6 is 0 Å². The summed E-state index contributed by atoms with van der Waals surface area (Å²) in [4.78, 5) is 0. The lowest BCUT2D eigenvalue weighted by atomic mass is 10.00. The van der Waals surface area contributed by atoms with E-state index in [-0.39, 0.29) is 5.75 Å². The van der Waals surface area contributed by atoms with Gasteiger partial charge in [-0.15, -0.1) is 0 Å². The molecular weight excluding hydrogens is 243 g/mol. The summed E-state index contributed by atoms with van der Waals surface area (Å²) in [6.07, 6.45) is -0.252. The van der Waals surface area contributed by atoms with Gasteiger partial charge in [-0.2, -0.15) is 0 Å². The SMILES string of the molecule is COc1ccc(CC(O)c2cccc(C)c2)cc1F. The Balaban J connectivity index is 2.14. The van der Waals surface area contributed by atoms with Gasteiger partial charge >= 0.3 is 0 Å². The highest BCUT2D eigenvalue weighted by Gasteiger charge is 2.10. The molecule has 0 heterocycles. The van der Waals surface area contributed by atoms with Gasteiger partial charge in [-0.25, -0.2) is 4.39 Å². The molecule has 100 valence electrons. The summed E-state index contributed by atoms with van der Waals surface area (Å²) in [5.74, 6) is -0.190. The predicted octanol–water partition coefficient (Wildman–Crippen LogP) is 3.42. The molecule has 0 bridgehead atoms. The second kappa shape index (κ2) is 5.85. The van der Waals surface area contributed by atoms with Crippen molar-refractivity contribution in [3.8, 4) is 5.75 Å². The second-order valence-electron chi connectivity index (χ2n) is 4.60. The highest BCUT2D eigenvalue weighted by atomic mass is 19.1. The van der Waals surface area contributed by atoms with Gasteiger partial charge in [0.1, 0.15) is 0 Å². The third kappa shape index (κ3) is 3.32. The van der Waals surface area contributed by atoms with E-state index in [9.17, 15) is 9.50 Å². The number of hydrogen-bond acceptors (Lipinski definition) is 2. The lowest BCUT2D eigenvalue weighted by molar-refractivity contribution is 0.178. The van der Waals surface area contributed by atoms with E-state index in [1.165, 1.54) is 13.2 Å². The molecule has 2 nitrogen and oxygen atoms in total. The van der Waals surface area contributed by atoms with Crippen molar-refractivity contribution in [2.45, 2.75) is 19.4 Å². The van der Waals surface area contributed by atoms with Crippen molar-refractivity contribution in [3.05, 3.63) is 65.0 Å². The van der Waals surface area contributed by atoms with Gasteiger partial charge in [0.2, 0.25) is 0 Å². The van der Waals surface area contributed by atoms with Crippen LogP contribution in [-0.2, 0) is 6.42 Å². The highest BCUT2D eigenvalue weighted by Crippen LogP contribution is 2.23. The summed E-state index contributed by atoms with van der Waals surface area (Å²) in [7, 11) is 1.43. The van der Waals surface area contributed by atoms with Crippen molar-refractivity contribution in [1.82, 2.24) is 0 Å². The maximum absolute atomic E-state index is 13.6. The third-order valence-corrected chi connectivity index (χ3v) is 3.07. The van der Waals surface area contributed by atoms with E-state index in [1.54, 1.807) is 12.1 Å². The first-order chi connectivity index (χ1) is 9.10. The van der Waals surface area contributed by atoms with E-state index >= 15 is 0 Å². The number of aliphatic hydroxyl groups is 1. The molecule has 0 aliphatic rings. The second-order valence-corrected chi connectivity index (χ2v) is 4.60. The van der Waals surface area contributed by atoms with E-state index in [0.717, 1.165) is 16.7 Å². The molecule has 2 aromatic rings. The number of hydrogen-bond donors (Lipinski definition) is 1. The third-order valence-electron chi connectivity index (χ3n) is 3.07. The average molecular weight is 260 g/mol. The first-order valence-electron chi connectivity index (χ1n) is 6.17. The van der Waals surface area contributed by atoms with Gasteiger partial charge in [0.15, 0.2) is 11.6 Å². The Morgan fingerprint density at radius 2 is 2.00 bits per heavy atom. The van der Waals surface area contributed by atoms with E-state index < -0.39 is 11.9 Å². The summed E-state index contributed by atoms with van der Waals surface area (Å²) in [6, 6.07) is 12.4. The van der Waals surface area contributed by atoms with Gasteiger partial charge in [-0.1, -0.05) is 35.9 Å². The molecule has 0 amide bonds. The van der Waals surface area contributed by atoms with E-state index in [2.05, 4.69) is 0 Å². The normalized spacial score (nSPS) is 12.2. The predicted molar refractivity (Wildman–Crippen MR) is 72.8 cm³/mol. The molecule has 1 N–H and O–H groups in total. The largest absolute Gasteiger partial charge is 0.494 e. The van der Waals surface area contributed by atoms with E-state index in [1.807, 2.05) is 31.2 Å². The lowest BCUT2D eigenvalue weighted by Crippen LogP contribution is -2.02. The van der Waals surface area contributed by atoms with Crippen LogP contribution < -0.4 is 4.74 Å². The molecule has 0 saturated heterocycles. The van der Waals surface area contributed by atoms with Gasteiger partial charge in [0, 0.05) is 6.42 Å². The quantitative estimate of drug-likeness (QED) is 0.912. The molecule has 2 rings (SSSR count). The first kappa shape index (κ1) is 13.6. The zero-order valence-electron chi connectivity index (χ0n) is 11.1. The van der Waals surface area contributed by atoms with Crippen LogP contribution in [0, 0.1) is 12.7 Å². The van der Waals surface area contributed by atoms with Crippen molar-refractivity contribution in [2.75, 3.05) is 7.11 Å². The maximum atomic E-state index is 13.6. The molecule has 0 aromatic heterocycles. The molecule has 0 fully saturated rings. The fraction of sp³-hybridized carbons (Fsp3) is 0.250. The van der Waals surface area contributed by atoms with Crippen molar-refractivity contribution >= 4 is 0 Å². The van der Waals surface area contributed by atoms with Crippen LogP contribution in [0.25, 0.3) is 0 Å². The van der Waals surface area contributed by atoms with E-state index in [0.29, 0.717) is 6.42 Å². The van der Waals surface area contributed by atoms with Crippen molar-refractivity contribution in [3.63, 3.8) is 0 Å². The Kier molecular flexibility index (Phi) is 4.17. The van der Waals surface area contributed by atoms with Gasteiger partial charge in [-0.05, 0) is 30.2 Å². The minimum atomic E-state index is -0.632. The van der Waals surface area contributed by atoms with Crippen LogP contribution in [-0.4, -0.2) is 12.2 Å². The van der Waals surface area contributed by atoms with Crippen molar-refractivity contribution in [2.24, 2.45) is 0 Å². The standard InChI is InChI=1S/C16H17FO2/c1-11-4-3-5-13(8-11)15(18)10-12-6-7-16(19-2)14(17)9-12/h3-9,15,18H,10H2,1-2H3. The van der Waals surface area contributed by atoms with Gasteiger partial charge in [0.05, 0.1) is 13.2 Å². The summed E-state index contributed by atoms with van der Waals surface area (Å²) in [5, 5.41) is 10.2. The number of halogens is 1. The van der Waals surface area contributed by atoms with Crippen molar-refractivity contribution in [1.29, 1.82) is 0 Å². The monoisotopic (exact) mass is 260 g/mol. The number of rotatable bonds is 4. The Hall–Kier alpha value is -1.87. The van der Waals surface area contributed by atoms with Crippen LogP contribution in [0.5, 0.6) is 5.75 Å². The minimum absolute atomic E-state index is 0.216. The zero-order valence-corrected chi connectivity index (χ0v) is 11.1. The fourth-order valence-electron chi connectivity index (χ4n) is 2.06. The van der Waals surface area contributed by atoms with Crippen LogP contribution in [0.4, 0.5) is 4.39 Å². The molecular formula is C16H17FO2. The highest BCUT2D eigenvalue weighted by molar-refractivity contribution is 5.31. The van der Waals surface area contributed by atoms with Crippen LogP contribution in [0.15, 0.2) is 42.5 Å². The Bertz CT molecular complexity index is 566. The van der Waals surface area contributed by atoms with Crippen LogP contribution in [0.2, 0.25) is 0 Å². The minimum Gasteiger partial charge on any atom is -0.494 e. The van der Waals surface area contributed by atoms with Gasteiger partial charge in [0.25, 0.3) is 0 Å². The van der Waals surface area contributed by atoms with Gasteiger partial charge in [-0.3, -0.25) is 0 Å². The van der Waals surface area contributed by atoms with Gasteiger partial charge < -0.3 is 9.84 Å². The average Bonchev–Trinajstić information content (AvgIpc) is 2.39. The first-order valence-corrected chi connectivity index (χ1v) is 6.17. The molecule has 1 unspecified atom stereocenters. The lowest BCUT2D eigenvalue weighted by Gasteiger charge is -2.12. The maximum Gasteiger partial charge on any atom is 0.165 e. The summed E-state index contributed by atoms with van der Waals surface area (Å²) >= 11 is 0. The molecule has 0 aliphatic carbocycles. The Morgan fingerprint density at radius 1 is 1.21 bits per heavy atom. The molecule has 0 saturated carbocycles. The molecule has 0 aliphatic heterocycles. The van der Waals surface area contributed by atoms with Crippen molar-refractivity contribution < 1.29 is 14.2 Å².